The maximum Gasteiger partial charge on any atom is 0.307 e. The van der Waals surface area contributed by atoms with Crippen LogP contribution >= 0.6 is 11.8 Å². The Bertz CT molecular complexity index is 489. The van der Waals surface area contributed by atoms with Crippen molar-refractivity contribution >= 4 is 17.7 Å². The topological polar surface area (TPSA) is 49.3 Å². The Balaban J connectivity index is 1.78. The predicted octanol–water partition coefficient (Wildman–Crippen LogP) is 2.46. The second-order valence-corrected chi connectivity index (χ2v) is 6.71. The molecule has 0 saturated carbocycles. The van der Waals surface area contributed by atoms with E-state index in [-0.39, 0.29) is 12.0 Å². The molecule has 0 aliphatic carbocycles. The van der Waals surface area contributed by atoms with E-state index in [0.717, 1.165) is 6.42 Å². The first-order valence-corrected chi connectivity index (χ1v) is 7.27. The van der Waals surface area contributed by atoms with Gasteiger partial charge in [-0.25, -0.2) is 0 Å². The van der Waals surface area contributed by atoms with Gasteiger partial charge in [-0.1, -0.05) is 19.1 Å². The van der Waals surface area contributed by atoms with Crippen LogP contribution < -0.4 is 5.32 Å². The van der Waals surface area contributed by atoms with Crippen LogP contribution in [0.4, 0.5) is 0 Å². The van der Waals surface area contributed by atoms with Crippen molar-refractivity contribution < 1.29 is 9.90 Å². The lowest BCUT2D eigenvalue weighted by Gasteiger charge is -2.12. The van der Waals surface area contributed by atoms with Gasteiger partial charge in [0.1, 0.15) is 0 Å². The normalized spacial score (nSPS) is 30.4. The highest BCUT2D eigenvalue weighted by Crippen LogP contribution is 2.39. The van der Waals surface area contributed by atoms with E-state index in [1.807, 2.05) is 11.8 Å². The van der Waals surface area contributed by atoms with Gasteiger partial charge < -0.3 is 10.4 Å². The summed E-state index contributed by atoms with van der Waals surface area (Å²) in [7, 11) is 0. The van der Waals surface area contributed by atoms with Gasteiger partial charge in [0.15, 0.2) is 0 Å². The summed E-state index contributed by atoms with van der Waals surface area (Å²) in [5, 5.41) is 13.0. The molecule has 0 aromatic heterocycles. The van der Waals surface area contributed by atoms with Crippen LogP contribution in [0.1, 0.15) is 30.5 Å². The molecule has 0 radical (unpaired) electrons. The zero-order valence-electron chi connectivity index (χ0n) is 10.3. The molecule has 4 heteroatoms. The summed E-state index contributed by atoms with van der Waals surface area (Å²) in [6.07, 6.45) is 1.83. The molecule has 0 amide bonds. The Morgan fingerprint density at radius 3 is 3.06 bits per heavy atom. The number of thioether (sulfide) groups is 1. The molecule has 1 saturated heterocycles. The summed E-state index contributed by atoms with van der Waals surface area (Å²) < 4.78 is 0. The number of rotatable bonds is 2. The Morgan fingerprint density at radius 1 is 1.50 bits per heavy atom. The summed E-state index contributed by atoms with van der Waals surface area (Å²) in [5.41, 5.74) is 2.66. The first-order valence-electron chi connectivity index (χ1n) is 6.39. The van der Waals surface area contributed by atoms with Gasteiger partial charge in [0.25, 0.3) is 0 Å². The molecule has 18 heavy (non-hydrogen) atoms. The third-order valence-corrected chi connectivity index (χ3v) is 5.02. The van der Waals surface area contributed by atoms with Crippen LogP contribution in [-0.4, -0.2) is 22.9 Å². The number of benzene rings is 1. The molecule has 2 aliphatic heterocycles. The molecular weight excluding hydrogens is 246 g/mol. The van der Waals surface area contributed by atoms with E-state index in [2.05, 4.69) is 30.4 Å². The van der Waals surface area contributed by atoms with Gasteiger partial charge in [-0.15, -0.1) is 11.8 Å². The fourth-order valence-corrected chi connectivity index (χ4v) is 3.97. The number of fused-ring (bicyclic) bond motifs is 1. The van der Waals surface area contributed by atoms with Crippen molar-refractivity contribution in [3.63, 3.8) is 0 Å². The molecule has 3 nitrogen and oxygen atoms in total. The van der Waals surface area contributed by atoms with Gasteiger partial charge in [-0.05, 0) is 30.0 Å². The van der Waals surface area contributed by atoms with E-state index in [1.54, 1.807) is 0 Å². The van der Waals surface area contributed by atoms with Gasteiger partial charge in [-0.3, -0.25) is 4.79 Å². The molecule has 0 bridgehead atoms. The van der Waals surface area contributed by atoms with Crippen molar-refractivity contribution in [2.24, 2.45) is 5.92 Å². The van der Waals surface area contributed by atoms with Gasteiger partial charge in [0, 0.05) is 22.7 Å². The average molecular weight is 263 g/mol. The number of hydrogen-bond acceptors (Lipinski definition) is 3. The molecule has 2 N–H and O–H groups in total. The van der Waals surface area contributed by atoms with E-state index >= 15 is 0 Å². The Labute approximate surface area is 111 Å². The molecule has 1 fully saturated rings. The van der Waals surface area contributed by atoms with Gasteiger partial charge >= 0.3 is 5.97 Å². The number of carbonyl (C=O) groups is 1. The molecule has 2 aliphatic rings. The molecule has 3 rings (SSSR count). The van der Waals surface area contributed by atoms with Crippen LogP contribution in [0.2, 0.25) is 0 Å². The lowest BCUT2D eigenvalue weighted by molar-refractivity contribution is -0.141. The second kappa shape index (κ2) is 4.59. The third-order valence-electron chi connectivity index (χ3n) is 3.80. The molecule has 1 aromatic carbocycles. The summed E-state index contributed by atoms with van der Waals surface area (Å²) in [5.74, 6) is -0.924. The lowest BCUT2D eigenvalue weighted by Crippen LogP contribution is -2.17. The average Bonchev–Trinajstić information content (AvgIpc) is 2.91. The third kappa shape index (κ3) is 2.15. The van der Waals surface area contributed by atoms with E-state index < -0.39 is 5.97 Å². The van der Waals surface area contributed by atoms with Gasteiger partial charge in [0.2, 0.25) is 0 Å². The van der Waals surface area contributed by atoms with Gasteiger partial charge in [-0.2, -0.15) is 0 Å². The Hall–Kier alpha value is -1.000. The lowest BCUT2D eigenvalue weighted by atomic mass is 9.97. The van der Waals surface area contributed by atoms with Crippen molar-refractivity contribution in [3.8, 4) is 0 Å². The molecule has 2 heterocycles. The molecule has 3 atom stereocenters. The monoisotopic (exact) mass is 263 g/mol. The van der Waals surface area contributed by atoms with E-state index in [0.29, 0.717) is 18.2 Å². The van der Waals surface area contributed by atoms with Crippen LogP contribution in [-0.2, 0) is 11.2 Å². The summed E-state index contributed by atoms with van der Waals surface area (Å²) >= 11 is 1.93. The van der Waals surface area contributed by atoms with Crippen LogP contribution in [0.15, 0.2) is 23.1 Å². The minimum absolute atomic E-state index is 0.206. The number of aliphatic carboxylic acids is 1. The zero-order valence-corrected chi connectivity index (χ0v) is 11.2. The van der Waals surface area contributed by atoms with Crippen LogP contribution in [0.25, 0.3) is 0 Å². The SMILES string of the molecule is CC1Cc2cc(C3CC(C(=O)O)CN3)ccc2S1. The Morgan fingerprint density at radius 2 is 2.33 bits per heavy atom. The summed E-state index contributed by atoms with van der Waals surface area (Å²) in [4.78, 5) is 12.4. The quantitative estimate of drug-likeness (QED) is 0.860. The number of hydrogen-bond donors (Lipinski definition) is 2. The number of carboxylic acids is 1. The highest BCUT2D eigenvalue weighted by molar-refractivity contribution is 8.00. The molecular formula is C14H17NO2S. The maximum atomic E-state index is 11.0. The molecule has 1 aromatic rings. The predicted molar refractivity (Wildman–Crippen MR) is 72.0 cm³/mol. The van der Waals surface area contributed by atoms with Gasteiger partial charge in [0.05, 0.1) is 5.92 Å². The minimum atomic E-state index is -0.685. The highest BCUT2D eigenvalue weighted by Gasteiger charge is 2.30. The maximum absolute atomic E-state index is 11.0. The largest absolute Gasteiger partial charge is 0.481 e. The first kappa shape index (κ1) is 12.1. The zero-order chi connectivity index (χ0) is 12.7. The van der Waals surface area contributed by atoms with E-state index in [1.165, 1.54) is 16.0 Å². The van der Waals surface area contributed by atoms with E-state index in [4.69, 9.17) is 5.11 Å². The van der Waals surface area contributed by atoms with Crippen LogP contribution in [0.5, 0.6) is 0 Å². The van der Waals surface area contributed by atoms with Crippen molar-refractivity contribution in [2.75, 3.05) is 6.54 Å². The molecule has 3 unspecified atom stereocenters. The van der Waals surface area contributed by atoms with Crippen molar-refractivity contribution in [3.05, 3.63) is 29.3 Å². The van der Waals surface area contributed by atoms with Crippen LogP contribution in [0.3, 0.4) is 0 Å². The smallest absolute Gasteiger partial charge is 0.307 e. The summed E-state index contributed by atoms with van der Waals surface area (Å²) in [6.45, 7) is 2.83. The standard InChI is InChI=1S/C14H17NO2S/c1-8-4-10-5-9(2-3-13(10)18-8)12-6-11(7-15-12)14(16)17/h2-3,5,8,11-12,15H,4,6-7H2,1H3,(H,16,17). The fraction of sp³-hybridized carbons (Fsp3) is 0.500. The summed E-state index contributed by atoms with van der Waals surface area (Å²) in [6, 6.07) is 6.80. The number of nitrogens with one attached hydrogen (secondary N) is 1. The van der Waals surface area contributed by atoms with Crippen molar-refractivity contribution in [2.45, 2.75) is 36.0 Å². The molecule has 0 spiro atoms. The van der Waals surface area contributed by atoms with Crippen molar-refractivity contribution in [1.29, 1.82) is 0 Å². The second-order valence-electron chi connectivity index (χ2n) is 5.23. The fourth-order valence-electron chi connectivity index (χ4n) is 2.84. The van der Waals surface area contributed by atoms with Crippen LogP contribution in [0, 0.1) is 5.92 Å². The molecule has 96 valence electrons. The highest BCUT2D eigenvalue weighted by atomic mass is 32.2. The minimum Gasteiger partial charge on any atom is -0.481 e. The van der Waals surface area contributed by atoms with Crippen molar-refractivity contribution in [1.82, 2.24) is 5.32 Å². The first-order chi connectivity index (χ1) is 8.63. The number of carboxylic acid groups (broad SMARTS) is 1. The Kier molecular flexibility index (Phi) is 3.08. The van der Waals surface area contributed by atoms with E-state index in [9.17, 15) is 4.79 Å².